The minimum absolute atomic E-state index is 0.0425. The van der Waals surface area contributed by atoms with Crippen molar-refractivity contribution in [3.8, 4) is 0 Å². The monoisotopic (exact) mass is 317 g/mol. The molecule has 0 aliphatic carbocycles. The van der Waals surface area contributed by atoms with Crippen molar-refractivity contribution >= 4 is 23.5 Å². The van der Waals surface area contributed by atoms with Gasteiger partial charge in [-0.05, 0) is 13.0 Å². The molecule has 21 heavy (non-hydrogen) atoms. The van der Waals surface area contributed by atoms with E-state index in [1.165, 1.54) is 19.4 Å². The third-order valence-corrected chi connectivity index (χ3v) is 2.95. The average Bonchev–Trinajstić information content (AvgIpc) is 2.46. The SMILES string of the molecule is CCOC(=O)CC(O)C(O)c1cnc(Cl)c(C(=O)OC)c1. The van der Waals surface area contributed by atoms with Gasteiger partial charge in [-0.3, -0.25) is 4.79 Å². The molecule has 0 amide bonds. The standard InChI is InChI=1S/C13H16ClNO6/c1-3-21-10(17)5-9(16)11(18)7-4-8(13(19)20-2)12(14)15-6-7/h4,6,9,11,16,18H,3,5H2,1-2H3. The molecule has 2 N–H and O–H groups in total. The molecule has 2 atom stereocenters. The molecule has 1 aromatic heterocycles. The zero-order valence-electron chi connectivity index (χ0n) is 11.6. The Morgan fingerprint density at radius 3 is 2.67 bits per heavy atom. The van der Waals surface area contributed by atoms with Gasteiger partial charge in [-0.1, -0.05) is 11.6 Å². The molecular formula is C13H16ClNO6. The fourth-order valence-corrected chi connectivity index (χ4v) is 1.78. The van der Waals surface area contributed by atoms with Gasteiger partial charge in [0.2, 0.25) is 0 Å². The maximum atomic E-state index is 11.5. The van der Waals surface area contributed by atoms with Gasteiger partial charge < -0.3 is 19.7 Å². The molecular weight excluding hydrogens is 302 g/mol. The quantitative estimate of drug-likeness (QED) is 0.592. The topological polar surface area (TPSA) is 106 Å². The number of hydrogen-bond donors (Lipinski definition) is 2. The predicted octanol–water partition coefficient (Wildman–Crippen LogP) is 0.869. The zero-order valence-corrected chi connectivity index (χ0v) is 12.3. The van der Waals surface area contributed by atoms with Gasteiger partial charge in [0.25, 0.3) is 0 Å². The zero-order chi connectivity index (χ0) is 16.0. The van der Waals surface area contributed by atoms with Crippen molar-refractivity contribution in [2.24, 2.45) is 0 Å². The number of carbonyl (C=O) groups excluding carboxylic acids is 2. The number of pyridine rings is 1. The van der Waals surface area contributed by atoms with Gasteiger partial charge in [-0.15, -0.1) is 0 Å². The first kappa shape index (κ1) is 17.4. The van der Waals surface area contributed by atoms with Crippen LogP contribution in [-0.4, -0.2) is 47.0 Å². The van der Waals surface area contributed by atoms with E-state index in [1.807, 2.05) is 0 Å². The highest BCUT2D eigenvalue weighted by Crippen LogP contribution is 2.23. The lowest BCUT2D eigenvalue weighted by molar-refractivity contribution is -0.147. The molecule has 0 fully saturated rings. The highest BCUT2D eigenvalue weighted by molar-refractivity contribution is 6.32. The van der Waals surface area contributed by atoms with E-state index in [2.05, 4.69) is 14.5 Å². The van der Waals surface area contributed by atoms with Crippen molar-refractivity contribution in [3.63, 3.8) is 0 Å². The van der Waals surface area contributed by atoms with Crippen LogP contribution in [0.25, 0.3) is 0 Å². The number of nitrogens with zero attached hydrogens (tertiary/aromatic N) is 1. The normalized spacial score (nSPS) is 13.4. The number of ether oxygens (including phenoxy) is 2. The van der Waals surface area contributed by atoms with Gasteiger partial charge in [0, 0.05) is 11.8 Å². The molecule has 1 aromatic rings. The number of rotatable bonds is 6. The molecule has 0 saturated carbocycles. The van der Waals surface area contributed by atoms with Crippen LogP contribution < -0.4 is 0 Å². The molecule has 1 rings (SSSR count). The van der Waals surface area contributed by atoms with Crippen LogP contribution >= 0.6 is 11.6 Å². The highest BCUT2D eigenvalue weighted by Gasteiger charge is 2.24. The summed E-state index contributed by atoms with van der Waals surface area (Å²) in [7, 11) is 1.18. The second kappa shape index (κ2) is 7.92. The average molecular weight is 318 g/mol. The summed E-state index contributed by atoms with van der Waals surface area (Å²) in [5.74, 6) is -1.36. The minimum atomic E-state index is -1.41. The Hall–Kier alpha value is -1.70. The number of aliphatic hydroxyl groups is 2. The van der Waals surface area contributed by atoms with Crippen LogP contribution in [0.1, 0.15) is 35.4 Å². The van der Waals surface area contributed by atoms with Crippen LogP contribution in [0.4, 0.5) is 0 Å². The van der Waals surface area contributed by atoms with Gasteiger partial charge in [0.15, 0.2) is 0 Å². The molecule has 0 bridgehead atoms. The number of carbonyl (C=O) groups is 2. The van der Waals surface area contributed by atoms with Crippen LogP contribution in [0.3, 0.4) is 0 Å². The van der Waals surface area contributed by atoms with E-state index >= 15 is 0 Å². The summed E-state index contributed by atoms with van der Waals surface area (Å²) in [5, 5.41) is 19.7. The molecule has 2 unspecified atom stereocenters. The number of aliphatic hydroxyl groups excluding tert-OH is 2. The third-order valence-electron chi connectivity index (χ3n) is 2.65. The van der Waals surface area contributed by atoms with Crippen molar-refractivity contribution in [2.45, 2.75) is 25.6 Å². The largest absolute Gasteiger partial charge is 0.466 e. The fourth-order valence-electron chi connectivity index (χ4n) is 1.60. The first-order chi connectivity index (χ1) is 9.90. The minimum Gasteiger partial charge on any atom is -0.466 e. The summed E-state index contributed by atoms with van der Waals surface area (Å²) in [6, 6.07) is 1.25. The van der Waals surface area contributed by atoms with E-state index in [0.717, 1.165) is 0 Å². The van der Waals surface area contributed by atoms with Gasteiger partial charge in [-0.25, -0.2) is 9.78 Å². The van der Waals surface area contributed by atoms with Crippen LogP contribution in [0.15, 0.2) is 12.3 Å². The Kier molecular flexibility index (Phi) is 6.54. The molecule has 7 nitrogen and oxygen atoms in total. The van der Waals surface area contributed by atoms with Crippen molar-refractivity contribution in [3.05, 3.63) is 28.5 Å². The summed E-state index contributed by atoms with van der Waals surface area (Å²) in [5.41, 5.74) is 0.0932. The molecule has 0 aliphatic heterocycles. The summed E-state index contributed by atoms with van der Waals surface area (Å²) >= 11 is 5.75. The predicted molar refractivity (Wildman–Crippen MR) is 72.8 cm³/mol. The second-order valence-electron chi connectivity index (χ2n) is 4.12. The van der Waals surface area contributed by atoms with Gasteiger partial charge in [-0.2, -0.15) is 0 Å². The molecule has 0 spiro atoms. The van der Waals surface area contributed by atoms with E-state index in [4.69, 9.17) is 11.6 Å². The van der Waals surface area contributed by atoms with E-state index in [9.17, 15) is 19.8 Å². The Labute approximate surface area is 126 Å². The smallest absolute Gasteiger partial charge is 0.341 e. The van der Waals surface area contributed by atoms with E-state index in [1.54, 1.807) is 6.92 Å². The molecule has 8 heteroatoms. The van der Waals surface area contributed by atoms with Gasteiger partial charge in [0.05, 0.1) is 31.8 Å². The lowest BCUT2D eigenvalue weighted by atomic mass is 10.0. The summed E-state index contributed by atoms with van der Waals surface area (Å²) in [6.45, 7) is 1.81. The highest BCUT2D eigenvalue weighted by atomic mass is 35.5. The molecule has 116 valence electrons. The van der Waals surface area contributed by atoms with Crippen molar-refractivity contribution in [1.29, 1.82) is 0 Å². The summed E-state index contributed by atoms with van der Waals surface area (Å²) in [6.07, 6.45) is -1.99. The number of methoxy groups -OCH3 is 1. The Morgan fingerprint density at radius 1 is 1.43 bits per heavy atom. The first-order valence-electron chi connectivity index (χ1n) is 6.16. The van der Waals surface area contributed by atoms with Gasteiger partial charge >= 0.3 is 11.9 Å². The van der Waals surface area contributed by atoms with E-state index < -0.39 is 24.1 Å². The van der Waals surface area contributed by atoms with E-state index in [-0.39, 0.29) is 29.3 Å². The fraction of sp³-hybridized carbons (Fsp3) is 0.462. The van der Waals surface area contributed by atoms with Crippen LogP contribution in [-0.2, 0) is 14.3 Å². The number of hydrogen-bond acceptors (Lipinski definition) is 7. The van der Waals surface area contributed by atoms with Crippen molar-refractivity contribution in [2.75, 3.05) is 13.7 Å². The van der Waals surface area contributed by atoms with Gasteiger partial charge in [0.1, 0.15) is 11.3 Å². The van der Waals surface area contributed by atoms with Crippen molar-refractivity contribution in [1.82, 2.24) is 4.98 Å². The number of esters is 2. The molecule has 0 aromatic carbocycles. The Bertz CT molecular complexity index is 521. The van der Waals surface area contributed by atoms with Crippen LogP contribution in [0.5, 0.6) is 0 Å². The number of aromatic nitrogens is 1. The van der Waals surface area contributed by atoms with Crippen LogP contribution in [0, 0.1) is 0 Å². The molecule has 0 radical (unpaired) electrons. The van der Waals surface area contributed by atoms with Crippen LogP contribution in [0.2, 0.25) is 5.15 Å². The Morgan fingerprint density at radius 2 is 2.10 bits per heavy atom. The third kappa shape index (κ3) is 4.66. The lowest BCUT2D eigenvalue weighted by Gasteiger charge is -2.17. The molecule has 1 heterocycles. The summed E-state index contributed by atoms with van der Waals surface area (Å²) < 4.78 is 9.20. The Balaban J connectivity index is 2.89. The van der Waals surface area contributed by atoms with Crippen molar-refractivity contribution < 1.29 is 29.3 Å². The maximum absolute atomic E-state index is 11.5. The molecule has 0 saturated heterocycles. The van der Waals surface area contributed by atoms with E-state index in [0.29, 0.717) is 0 Å². The first-order valence-corrected chi connectivity index (χ1v) is 6.54. The lowest BCUT2D eigenvalue weighted by Crippen LogP contribution is -2.23. The number of halogens is 1. The summed E-state index contributed by atoms with van der Waals surface area (Å²) in [4.78, 5) is 26.5. The maximum Gasteiger partial charge on any atom is 0.341 e. The second-order valence-corrected chi connectivity index (χ2v) is 4.48. The molecule has 0 aliphatic rings.